The standard InChI is InChI=1S/C16H23Cl/c1-12-7-8-14(11-13(12)2)9-10-16(17)15-5-3-4-6-15/h7-8,11,15-16H,3-6,9-10H2,1-2H3. The van der Waals surface area contributed by atoms with Gasteiger partial charge in [0.2, 0.25) is 0 Å². The van der Waals surface area contributed by atoms with E-state index in [9.17, 15) is 0 Å². The first kappa shape index (κ1) is 13.0. The van der Waals surface area contributed by atoms with Crippen LogP contribution in [0.3, 0.4) is 0 Å². The van der Waals surface area contributed by atoms with Crippen LogP contribution in [0, 0.1) is 19.8 Å². The summed E-state index contributed by atoms with van der Waals surface area (Å²) in [7, 11) is 0. The van der Waals surface area contributed by atoms with Gasteiger partial charge in [-0.25, -0.2) is 0 Å². The summed E-state index contributed by atoms with van der Waals surface area (Å²) in [6.07, 6.45) is 7.73. The number of rotatable bonds is 4. The zero-order valence-corrected chi connectivity index (χ0v) is 11.8. The van der Waals surface area contributed by atoms with Gasteiger partial charge in [0, 0.05) is 5.38 Å². The van der Waals surface area contributed by atoms with E-state index in [4.69, 9.17) is 11.6 Å². The summed E-state index contributed by atoms with van der Waals surface area (Å²) in [5.74, 6) is 0.781. The van der Waals surface area contributed by atoms with E-state index in [0.29, 0.717) is 5.38 Å². The van der Waals surface area contributed by atoms with Gasteiger partial charge in [0.25, 0.3) is 0 Å². The lowest BCUT2D eigenvalue weighted by Crippen LogP contribution is -2.12. The first-order chi connectivity index (χ1) is 8.16. The van der Waals surface area contributed by atoms with Crippen molar-refractivity contribution in [3.63, 3.8) is 0 Å². The van der Waals surface area contributed by atoms with Crippen molar-refractivity contribution in [2.45, 2.75) is 57.7 Å². The van der Waals surface area contributed by atoms with Gasteiger partial charge in [0.1, 0.15) is 0 Å². The molecule has 0 spiro atoms. The molecule has 1 aliphatic rings. The lowest BCUT2D eigenvalue weighted by Gasteiger charge is -2.16. The van der Waals surface area contributed by atoms with Gasteiger partial charge in [-0.15, -0.1) is 11.6 Å². The van der Waals surface area contributed by atoms with Crippen molar-refractivity contribution in [1.82, 2.24) is 0 Å². The van der Waals surface area contributed by atoms with Crippen LogP contribution in [0.1, 0.15) is 48.8 Å². The fourth-order valence-electron chi connectivity index (χ4n) is 2.82. The Kier molecular flexibility index (Phi) is 4.50. The van der Waals surface area contributed by atoms with E-state index in [1.165, 1.54) is 42.4 Å². The molecule has 0 bridgehead atoms. The van der Waals surface area contributed by atoms with Crippen molar-refractivity contribution in [2.24, 2.45) is 5.92 Å². The minimum absolute atomic E-state index is 0.388. The van der Waals surface area contributed by atoms with Gasteiger partial charge in [-0.1, -0.05) is 31.0 Å². The van der Waals surface area contributed by atoms with E-state index in [0.717, 1.165) is 18.8 Å². The van der Waals surface area contributed by atoms with Crippen molar-refractivity contribution >= 4 is 11.6 Å². The number of alkyl halides is 1. The largest absolute Gasteiger partial charge is 0.123 e. The average Bonchev–Trinajstić information content (AvgIpc) is 2.84. The second kappa shape index (κ2) is 5.91. The maximum Gasteiger partial charge on any atom is 0.0367 e. The van der Waals surface area contributed by atoms with E-state index in [1.54, 1.807) is 0 Å². The van der Waals surface area contributed by atoms with E-state index in [1.807, 2.05) is 0 Å². The highest BCUT2D eigenvalue weighted by Crippen LogP contribution is 2.32. The van der Waals surface area contributed by atoms with Crippen LogP contribution < -0.4 is 0 Å². The van der Waals surface area contributed by atoms with Gasteiger partial charge < -0.3 is 0 Å². The molecule has 1 aliphatic carbocycles. The van der Waals surface area contributed by atoms with Crippen molar-refractivity contribution in [3.8, 4) is 0 Å². The van der Waals surface area contributed by atoms with Gasteiger partial charge >= 0.3 is 0 Å². The molecule has 0 saturated heterocycles. The van der Waals surface area contributed by atoms with Crippen molar-refractivity contribution in [3.05, 3.63) is 34.9 Å². The van der Waals surface area contributed by atoms with E-state index < -0.39 is 0 Å². The van der Waals surface area contributed by atoms with Gasteiger partial charge in [0.15, 0.2) is 0 Å². The second-order valence-corrected chi connectivity index (χ2v) is 6.08. The Morgan fingerprint density at radius 3 is 2.53 bits per heavy atom. The summed E-state index contributed by atoms with van der Waals surface area (Å²) in [5.41, 5.74) is 4.22. The topological polar surface area (TPSA) is 0 Å². The van der Waals surface area contributed by atoms with Crippen LogP contribution in [0.15, 0.2) is 18.2 Å². The molecule has 0 aromatic heterocycles. The van der Waals surface area contributed by atoms with Gasteiger partial charge in [-0.05, 0) is 62.1 Å². The molecule has 1 aromatic carbocycles. The number of halogens is 1. The van der Waals surface area contributed by atoms with E-state index >= 15 is 0 Å². The van der Waals surface area contributed by atoms with E-state index in [-0.39, 0.29) is 0 Å². The molecule has 0 radical (unpaired) electrons. The monoisotopic (exact) mass is 250 g/mol. The molecule has 1 heteroatoms. The second-order valence-electron chi connectivity index (χ2n) is 5.52. The Balaban J connectivity index is 1.86. The third-order valence-corrected chi connectivity index (χ3v) is 4.77. The fourth-order valence-corrected chi connectivity index (χ4v) is 3.18. The molecule has 0 N–H and O–H groups in total. The van der Waals surface area contributed by atoms with Crippen LogP contribution in [-0.2, 0) is 6.42 Å². The summed E-state index contributed by atoms with van der Waals surface area (Å²) in [5, 5.41) is 0.388. The molecule has 0 amide bonds. The molecule has 94 valence electrons. The van der Waals surface area contributed by atoms with Crippen LogP contribution in [0.25, 0.3) is 0 Å². The zero-order chi connectivity index (χ0) is 12.3. The first-order valence-corrected chi connectivity index (χ1v) is 7.30. The molecule has 1 atom stereocenters. The van der Waals surface area contributed by atoms with Gasteiger partial charge in [-0.3, -0.25) is 0 Å². The van der Waals surface area contributed by atoms with Crippen molar-refractivity contribution < 1.29 is 0 Å². The third-order valence-electron chi connectivity index (χ3n) is 4.19. The Hall–Kier alpha value is -0.490. The molecule has 2 rings (SSSR count). The molecule has 0 aliphatic heterocycles. The van der Waals surface area contributed by atoms with Gasteiger partial charge in [-0.2, -0.15) is 0 Å². The first-order valence-electron chi connectivity index (χ1n) is 6.87. The summed E-state index contributed by atoms with van der Waals surface area (Å²) in [6.45, 7) is 4.36. The van der Waals surface area contributed by atoms with Crippen LogP contribution >= 0.6 is 11.6 Å². The lowest BCUT2D eigenvalue weighted by atomic mass is 9.96. The maximum absolute atomic E-state index is 6.51. The van der Waals surface area contributed by atoms with Crippen LogP contribution in [0.4, 0.5) is 0 Å². The summed E-state index contributed by atoms with van der Waals surface area (Å²) >= 11 is 6.51. The Morgan fingerprint density at radius 2 is 1.88 bits per heavy atom. The predicted octanol–water partition coefficient (Wildman–Crippen LogP) is 5.03. The van der Waals surface area contributed by atoms with Crippen LogP contribution in [0.5, 0.6) is 0 Å². The maximum atomic E-state index is 6.51. The molecule has 1 aromatic rings. The molecular formula is C16H23Cl. The highest BCUT2D eigenvalue weighted by Gasteiger charge is 2.22. The number of hydrogen-bond acceptors (Lipinski definition) is 0. The summed E-state index contributed by atoms with van der Waals surface area (Å²) in [6, 6.07) is 6.79. The lowest BCUT2D eigenvalue weighted by molar-refractivity contribution is 0.492. The molecule has 17 heavy (non-hydrogen) atoms. The predicted molar refractivity (Wildman–Crippen MR) is 75.8 cm³/mol. The minimum atomic E-state index is 0.388. The van der Waals surface area contributed by atoms with Crippen molar-refractivity contribution in [1.29, 1.82) is 0 Å². The fraction of sp³-hybridized carbons (Fsp3) is 0.625. The molecular weight excluding hydrogens is 228 g/mol. The molecule has 1 saturated carbocycles. The van der Waals surface area contributed by atoms with E-state index in [2.05, 4.69) is 32.0 Å². The van der Waals surface area contributed by atoms with Crippen LogP contribution in [-0.4, -0.2) is 5.38 Å². The molecule has 0 heterocycles. The number of benzene rings is 1. The van der Waals surface area contributed by atoms with Gasteiger partial charge in [0.05, 0.1) is 0 Å². The number of hydrogen-bond donors (Lipinski definition) is 0. The molecule has 0 nitrogen and oxygen atoms in total. The number of aryl methyl sites for hydroxylation is 3. The zero-order valence-electron chi connectivity index (χ0n) is 11.0. The Morgan fingerprint density at radius 1 is 1.18 bits per heavy atom. The Labute approximate surface area is 110 Å². The molecule has 1 unspecified atom stereocenters. The quantitative estimate of drug-likeness (QED) is 0.658. The SMILES string of the molecule is Cc1ccc(CCC(Cl)C2CCCC2)cc1C. The minimum Gasteiger partial charge on any atom is -0.123 e. The normalized spacial score (nSPS) is 18.5. The molecule has 1 fully saturated rings. The Bertz CT molecular complexity index is 364. The van der Waals surface area contributed by atoms with Crippen molar-refractivity contribution in [2.75, 3.05) is 0 Å². The third kappa shape index (κ3) is 3.48. The highest BCUT2D eigenvalue weighted by molar-refractivity contribution is 6.20. The smallest absolute Gasteiger partial charge is 0.0367 e. The highest BCUT2D eigenvalue weighted by atomic mass is 35.5. The summed E-state index contributed by atoms with van der Waals surface area (Å²) in [4.78, 5) is 0. The van der Waals surface area contributed by atoms with Crippen LogP contribution in [0.2, 0.25) is 0 Å². The summed E-state index contributed by atoms with van der Waals surface area (Å²) < 4.78 is 0. The average molecular weight is 251 g/mol.